The molecule has 0 saturated heterocycles. The predicted octanol–water partition coefficient (Wildman–Crippen LogP) is 3.10. The Balaban J connectivity index is 3.00. The van der Waals surface area contributed by atoms with Gasteiger partial charge < -0.3 is 4.90 Å². The summed E-state index contributed by atoms with van der Waals surface area (Å²) in [7, 11) is 1.82. The Kier molecular flexibility index (Phi) is 4.08. The van der Waals surface area contributed by atoms with Crippen LogP contribution < -0.4 is 0 Å². The number of halogens is 1. The van der Waals surface area contributed by atoms with Gasteiger partial charge in [-0.05, 0) is 48.3 Å². The van der Waals surface area contributed by atoms with Gasteiger partial charge in [0.25, 0.3) is 5.91 Å². The molecule has 0 aliphatic heterocycles. The van der Waals surface area contributed by atoms with Gasteiger partial charge in [-0.1, -0.05) is 6.92 Å². The number of rotatable bonds is 3. The molecule has 0 aliphatic carbocycles. The van der Waals surface area contributed by atoms with Crippen molar-refractivity contribution in [3.8, 4) is 0 Å². The standard InChI is InChI=1S/C12H17BrN2O/c1-5-12(2,3)15(4)11(16)9-7-6-8-14-10(9)13/h6-8H,5H2,1-4H3. The van der Waals surface area contributed by atoms with Crippen molar-refractivity contribution < 1.29 is 4.79 Å². The summed E-state index contributed by atoms with van der Waals surface area (Å²) in [5, 5.41) is 0. The Morgan fingerprint density at radius 2 is 2.19 bits per heavy atom. The van der Waals surface area contributed by atoms with E-state index in [4.69, 9.17) is 0 Å². The van der Waals surface area contributed by atoms with E-state index in [-0.39, 0.29) is 11.4 Å². The van der Waals surface area contributed by atoms with E-state index in [1.807, 2.05) is 7.05 Å². The van der Waals surface area contributed by atoms with E-state index in [2.05, 4.69) is 41.7 Å². The van der Waals surface area contributed by atoms with Crippen molar-refractivity contribution in [2.24, 2.45) is 0 Å². The number of amides is 1. The summed E-state index contributed by atoms with van der Waals surface area (Å²) in [5.41, 5.74) is 0.457. The number of carbonyl (C=O) groups is 1. The van der Waals surface area contributed by atoms with E-state index >= 15 is 0 Å². The largest absolute Gasteiger partial charge is 0.337 e. The first-order valence-electron chi connectivity index (χ1n) is 5.29. The molecule has 0 N–H and O–H groups in total. The molecule has 16 heavy (non-hydrogen) atoms. The molecule has 0 radical (unpaired) electrons. The topological polar surface area (TPSA) is 33.2 Å². The molecule has 88 valence electrons. The van der Waals surface area contributed by atoms with E-state index in [9.17, 15) is 4.79 Å². The fraction of sp³-hybridized carbons (Fsp3) is 0.500. The Labute approximate surface area is 105 Å². The molecule has 0 aliphatic rings. The third-order valence-electron chi connectivity index (χ3n) is 3.07. The minimum Gasteiger partial charge on any atom is -0.337 e. The van der Waals surface area contributed by atoms with Gasteiger partial charge in [0.2, 0.25) is 0 Å². The maximum Gasteiger partial charge on any atom is 0.256 e. The van der Waals surface area contributed by atoms with Crippen LogP contribution >= 0.6 is 15.9 Å². The summed E-state index contributed by atoms with van der Waals surface area (Å²) in [6.07, 6.45) is 2.57. The Morgan fingerprint density at radius 3 is 2.69 bits per heavy atom. The van der Waals surface area contributed by atoms with Crippen molar-refractivity contribution in [2.45, 2.75) is 32.7 Å². The third-order valence-corrected chi connectivity index (χ3v) is 3.70. The van der Waals surface area contributed by atoms with Crippen LogP contribution in [-0.4, -0.2) is 28.4 Å². The van der Waals surface area contributed by atoms with Crippen molar-refractivity contribution >= 4 is 21.8 Å². The maximum atomic E-state index is 12.2. The lowest BCUT2D eigenvalue weighted by atomic mass is 9.99. The maximum absolute atomic E-state index is 12.2. The van der Waals surface area contributed by atoms with E-state index in [0.717, 1.165) is 6.42 Å². The van der Waals surface area contributed by atoms with Gasteiger partial charge in [0.15, 0.2) is 0 Å². The highest BCUT2D eigenvalue weighted by Gasteiger charge is 2.27. The van der Waals surface area contributed by atoms with Gasteiger partial charge in [-0.2, -0.15) is 0 Å². The first kappa shape index (κ1) is 13.2. The lowest BCUT2D eigenvalue weighted by Gasteiger charge is -2.35. The van der Waals surface area contributed by atoms with Crippen LogP contribution in [0.15, 0.2) is 22.9 Å². The molecule has 0 fully saturated rings. The fourth-order valence-electron chi connectivity index (χ4n) is 1.24. The van der Waals surface area contributed by atoms with Crippen molar-refractivity contribution in [3.63, 3.8) is 0 Å². The van der Waals surface area contributed by atoms with Crippen molar-refractivity contribution in [2.75, 3.05) is 7.05 Å². The highest BCUT2D eigenvalue weighted by atomic mass is 79.9. The van der Waals surface area contributed by atoms with Gasteiger partial charge >= 0.3 is 0 Å². The highest BCUT2D eigenvalue weighted by Crippen LogP contribution is 2.21. The zero-order valence-corrected chi connectivity index (χ0v) is 11.7. The second-order valence-corrected chi connectivity index (χ2v) is 5.12. The van der Waals surface area contributed by atoms with E-state index < -0.39 is 0 Å². The quantitative estimate of drug-likeness (QED) is 0.799. The molecule has 1 aromatic rings. The normalized spacial score (nSPS) is 11.3. The Hall–Kier alpha value is -0.900. The van der Waals surface area contributed by atoms with Crippen molar-refractivity contribution in [3.05, 3.63) is 28.5 Å². The zero-order chi connectivity index (χ0) is 12.3. The summed E-state index contributed by atoms with van der Waals surface area (Å²) < 4.78 is 0.596. The van der Waals surface area contributed by atoms with Crippen LogP contribution in [0, 0.1) is 0 Å². The molecule has 0 bridgehead atoms. The van der Waals surface area contributed by atoms with Crippen molar-refractivity contribution in [1.82, 2.24) is 9.88 Å². The number of pyridine rings is 1. The molecular weight excluding hydrogens is 268 g/mol. The van der Waals surface area contributed by atoms with Crippen LogP contribution in [0.1, 0.15) is 37.6 Å². The molecule has 1 amide bonds. The average molecular weight is 285 g/mol. The molecule has 0 atom stereocenters. The van der Waals surface area contributed by atoms with Crippen LogP contribution in [0.5, 0.6) is 0 Å². The minimum absolute atomic E-state index is 0.00757. The van der Waals surface area contributed by atoms with Gasteiger partial charge in [-0.25, -0.2) is 4.98 Å². The molecule has 3 nitrogen and oxygen atoms in total. The van der Waals surface area contributed by atoms with E-state index in [0.29, 0.717) is 10.2 Å². The third kappa shape index (κ3) is 2.61. The van der Waals surface area contributed by atoms with Gasteiger partial charge in [0, 0.05) is 18.8 Å². The van der Waals surface area contributed by atoms with Crippen LogP contribution in [0.25, 0.3) is 0 Å². The molecule has 0 spiro atoms. The number of nitrogens with zero attached hydrogens (tertiary/aromatic N) is 2. The first-order chi connectivity index (χ1) is 7.40. The molecule has 0 aromatic carbocycles. The summed E-state index contributed by atoms with van der Waals surface area (Å²) in [6.45, 7) is 6.17. The molecular formula is C12H17BrN2O. The Morgan fingerprint density at radius 1 is 1.56 bits per heavy atom. The smallest absolute Gasteiger partial charge is 0.256 e. The first-order valence-corrected chi connectivity index (χ1v) is 6.08. The number of hydrogen-bond acceptors (Lipinski definition) is 2. The molecule has 1 aromatic heterocycles. The summed E-state index contributed by atoms with van der Waals surface area (Å²) in [4.78, 5) is 18.0. The number of aromatic nitrogens is 1. The lowest BCUT2D eigenvalue weighted by Crippen LogP contribution is -2.44. The van der Waals surface area contributed by atoms with Gasteiger partial charge in [-0.3, -0.25) is 4.79 Å². The van der Waals surface area contributed by atoms with Gasteiger partial charge in [0.1, 0.15) is 4.60 Å². The predicted molar refractivity (Wildman–Crippen MR) is 68.4 cm³/mol. The minimum atomic E-state index is -0.146. The number of hydrogen-bond donors (Lipinski definition) is 0. The molecule has 4 heteroatoms. The highest BCUT2D eigenvalue weighted by molar-refractivity contribution is 9.10. The molecule has 1 rings (SSSR count). The van der Waals surface area contributed by atoms with Crippen LogP contribution in [0.3, 0.4) is 0 Å². The fourth-order valence-corrected chi connectivity index (χ4v) is 1.66. The second kappa shape index (κ2) is 4.95. The average Bonchev–Trinajstić information content (AvgIpc) is 2.27. The Bertz CT molecular complexity index is 390. The van der Waals surface area contributed by atoms with Crippen molar-refractivity contribution in [1.29, 1.82) is 0 Å². The molecule has 0 unspecified atom stereocenters. The summed E-state index contributed by atoms with van der Waals surface area (Å²) in [5.74, 6) is -0.00757. The monoisotopic (exact) mass is 284 g/mol. The SMILES string of the molecule is CCC(C)(C)N(C)C(=O)c1cccnc1Br. The molecule has 1 heterocycles. The second-order valence-electron chi connectivity index (χ2n) is 4.37. The van der Waals surface area contributed by atoms with Crippen LogP contribution in [-0.2, 0) is 0 Å². The summed E-state index contributed by atoms with van der Waals surface area (Å²) in [6, 6.07) is 3.55. The molecule has 0 saturated carbocycles. The van der Waals surface area contributed by atoms with Crippen LogP contribution in [0.2, 0.25) is 0 Å². The summed E-state index contributed by atoms with van der Waals surface area (Å²) >= 11 is 3.30. The van der Waals surface area contributed by atoms with E-state index in [1.165, 1.54) is 0 Å². The van der Waals surface area contributed by atoms with E-state index in [1.54, 1.807) is 23.2 Å². The lowest BCUT2D eigenvalue weighted by molar-refractivity contribution is 0.0619. The zero-order valence-electron chi connectivity index (χ0n) is 10.1. The van der Waals surface area contributed by atoms with Gasteiger partial charge in [0.05, 0.1) is 5.56 Å². The van der Waals surface area contributed by atoms with Crippen LogP contribution in [0.4, 0.5) is 0 Å². The number of carbonyl (C=O) groups excluding carboxylic acids is 1. The van der Waals surface area contributed by atoms with Gasteiger partial charge in [-0.15, -0.1) is 0 Å².